The summed E-state index contributed by atoms with van der Waals surface area (Å²) >= 11 is 0. The van der Waals surface area contributed by atoms with E-state index in [0.717, 1.165) is 35.4 Å². The lowest BCUT2D eigenvalue weighted by molar-refractivity contribution is 0.103. The molecule has 0 spiro atoms. The fraction of sp³-hybridized carbons (Fsp3) is 0.276. The van der Waals surface area contributed by atoms with E-state index in [1.807, 2.05) is 66.7 Å². The number of carbonyl (C=O) groups excluding carboxylic acids is 1. The maximum Gasteiger partial charge on any atom is 0.209 e. The Bertz CT molecular complexity index is 1230. The van der Waals surface area contributed by atoms with E-state index in [1.54, 1.807) is 12.1 Å². The lowest BCUT2D eigenvalue weighted by Crippen LogP contribution is -2.31. The fourth-order valence-electron chi connectivity index (χ4n) is 4.44. The first-order valence-electron chi connectivity index (χ1n) is 12.1. The van der Waals surface area contributed by atoms with Gasteiger partial charge in [-0.2, -0.15) is 0 Å². The molecule has 3 aromatic carbocycles. The third-order valence-corrected chi connectivity index (χ3v) is 6.27. The van der Waals surface area contributed by atoms with Gasteiger partial charge in [-0.25, -0.2) is 0 Å². The van der Waals surface area contributed by atoms with Gasteiger partial charge < -0.3 is 19.4 Å². The average Bonchev–Trinajstić information content (AvgIpc) is 3.31. The average molecular weight is 455 g/mol. The highest BCUT2D eigenvalue weighted by atomic mass is 16.5. The van der Waals surface area contributed by atoms with Crippen LogP contribution in [0.25, 0.3) is 10.9 Å². The van der Waals surface area contributed by atoms with Crippen LogP contribution in [-0.4, -0.2) is 41.9 Å². The standard InChI is InChI=1S/C29H30N2O3/c32-29(22-10-12-25(13-11-22)34-24-8-3-1-4-9-24)28-21-23-20-26(14-15-27(23)30-28)33-19-7-18-31-16-5-2-6-17-31/h1,3-4,8-15,20-21,30H,2,5-7,16-19H2. The van der Waals surface area contributed by atoms with E-state index in [0.29, 0.717) is 23.6 Å². The first-order valence-corrected chi connectivity index (χ1v) is 12.1. The van der Waals surface area contributed by atoms with Gasteiger partial charge in [0, 0.05) is 23.0 Å². The van der Waals surface area contributed by atoms with Crippen molar-refractivity contribution < 1.29 is 14.3 Å². The molecular weight excluding hydrogens is 424 g/mol. The molecule has 4 aromatic rings. The molecule has 34 heavy (non-hydrogen) atoms. The Hall–Kier alpha value is -3.57. The van der Waals surface area contributed by atoms with Gasteiger partial charge in [0.1, 0.15) is 17.2 Å². The van der Waals surface area contributed by atoms with E-state index < -0.39 is 0 Å². The predicted octanol–water partition coefficient (Wildman–Crippen LogP) is 6.45. The number of hydrogen-bond acceptors (Lipinski definition) is 4. The Morgan fingerprint density at radius 2 is 1.56 bits per heavy atom. The van der Waals surface area contributed by atoms with Gasteiger partial charge in [0.05, 0.1) is 12.3 Å². The number of aromatic amines is 1. The van der Waals surface area contributed by atoms with Crippen LogP contribution in [-0.2, 0) is 0 Å². The Kier molecular flexibility index (Phi) is 6.91. The second-order valence-electron chi connectivity index (χ2n) is 8.81. The zero-order chi connectivity index (χ0) is 23.2. The van der Waals surface area contributed by atoms with E-state index in [9.17, 15) is 4.79 Å². The van der Waals surface area contributed by atoms with E-state index >= 15 is 0 Å². The molecule has 1 aliphatic heterocycles. The zero-order valence-electron chi connectivity index (χ0n) is 19.3. The van der Waals surface area contributed by atoms with Crippen LogP contribution in [0.1, 0.15) is 41.7 Å². The van der Waals surface area contributed by atoms with Crippen LogP contribution < -0.4 is 9.47 Å². The van der Waals surface area contributed by atoms with Crippen molar-refractivity contribution >= 4 is 16.7 Å². The van der Waals surface area contributed by atoms with Crippen molar-refractivity contribution in [3.63, 3.8) is 0 Å². The number of para-hydroxylation sites is 1. The minimum atomic E-state index is -0.0496. The summed E-state index contributed by atoms with van der Waals surface area (Å²) in [6.07, 6.45) is 5.02. The highest BCUT2D eigenvalue weighted by Gasteiger charge is 2.13. The molecular formula is C29H30N2O3. The lowest BCUT2D eigenvalue weighted by atomic mass is 10.1. The number of nitrogens with zero attached hydrogens (tertiary/aromatic N) is 1. The van der Waals surface area contributed by atoms with Gasteiger partial charge in [-0.1, -0.05) is 24.6 Å². The lowest BCUT2D eigenvalue weighted by Gasteiger charge is -2.26. The Labute approximate surface area is 200 Å². The summed E-state index contributed by atoms with van der Waals surface area (Å²) in [5.74, 6) is 2.25. The van der Waals surface area contributed by atoms with Crippen molar-refractivity contribution in [2.45, 2.75) is 25.7 Å². The molecule has 0 aliphatic carbocycles. The molecule has 1 saturated heterocycles. The number of ether oxygens (including phenoxy) is 2. The van der Waals surface area contributed by atoms with Crippen molar-refractivity contribution in [1.29, 1.82) is 0 Å². The molecule has 1 N–H and O–H groups in total. The first kappa shape index (κ1) is 22.2. The van der Waals surface area contributed by atoms with Crippen LogP contribution >= 0.6 is 0 Å². The number of fused-ring (bicyclic) bond motifs is 1. The molecule has 0 unspecified atom stereocenters. The predicted molar refractivity (Wildman–Crippen MR) is 135 cm³/mol. The summed E-state index contributed by atoms with van der Waals surface area (Å²) in [6.45, 7) is 4.24. The van der Waals surface area contributed by atoms with Gasteiger partial charge in [-0.3, -0.25) is 4.79 Å². The highest BCUT2D eigenvalue weighted by Crippen LogP contribution is 2.25. The number of nitrogens with one attached hydrogen (secondary N) is 1. The molecule has 174 valence electrons. The molecule has 1 aromatic heterocycles. The molecule has 5 heteroatoms. The molecule has 0 bridgehead atoms. The number of piperidine rings is 1. The molecule has 0 saturated carbocycles. The third kappa shape index (κ3) is 5.49. The van der Waals surface area contributed by atoms with Gasteiger partial charge in [0.2, 0.25) is 5.78 Å². The topological polar surface area (TPSA) is 54.6 Å². The Balaban J connectivity index is 1.19. The normalized spacial score (nSPS) is 14.2. The second-order valence-corrected chi connectivity index (χ2v) is 8.81. The van der Waals surface area contributed by atoms with Gasteiger partial charge >= 0.3 is 0 Å². The zero-order valence-corrected chi connectivity index (χ0v) is 19.3. The largest absolute Gasteiger partial charge is 0.494 e. The van der Waals surface area contributed by atoms with Gasteiger partial charge in [-0.05, 0) is 93.0 Å². The van der Waals surface area contributed by atoms with Gasteiger partial charge in [0.25, 0.3) is 0 Å². The molecule has 1 aliphatic rings. The van der Waals surface area contributed by atoms with E-state index in [2.05, 4.69) is 9.88 Å². The third-order valence-electron chi connectivity index (χ3n) is 6.27. The Morgan fingerprint density at radius 3 is 2.35 bits per heavy atom. The first-order chi connectivity index (χ1) is 16.7. The summed E-state index contributed by atoms with van der Waals surface area (Å²) < 4.78 is 11.8. The molecule has 1 fully saturated rings. The second kappa shape index (κ2) is 10.6. The Morgan fingerprint density at radius 1 is 0.824 bits per heavy atom. The fourth-order valence-corrected chi connectivity index (χ4v) is 4.44. The number of likely N-dealkylation sites (tertiary alicyclic amines) is 1. The van der Waals surface area contributed by atoms with Crippen LogP contribution in [0.4, 0.5) is 0 Å². The quantitative estimate of drug-likeness (QED) is 0.233. The van der Waals surface area contributed by atoms with Crippen LogP contribution in [0.5, 0.6) is 17.2 Å². The minimum Gasteiger partial charge on any atom is -0.494 e. The van der Waals surface area contributed by atoms with Crippen LogP contribution in [0.15, 0.2) is 78.9 Å². The summed E-state index contributed by atoms with van der Waals surface area (Å²) in [6, 6.07) is 24.7. The van der Waals surface area contributed by atoms with Gasteiger partial charge in [0.15, 0.2) is 0 Å². The van der Waals surface area contributed by atoms with Gasteiger partial charge in [-0.15, -0.1) is 0 Å². The monoisotopic (exact) mass is 454 g/mol. The molecule has 0 radical (unpaired) electrons. The van der Waals surface area contributed by atoms with Crippen LogP contribution in [0, 0.1) is 0 Å². The number of carbonyl (C=O) groups is 1. The minimum absolute atomic E-state index is 0.0496. The number of rotatable bonds is 9. The molecule has 5 rings (SSSR count). The van der Waals surface area contributed by atoms with Crippen molar-refractivity contribution in [1.82, 2.24) is 9.88 Å². The van der Waals surface area contributed by atoms with E-state index in [1.165, 1.54) is 32.4 Å². The van der Waals surface area contributed by atoms with E-state index in [-0.39, 0.29) is 5.78 Å². The van der Waals surface area contributed by atoms with Crippen LogP contribution in [0.3, 0.4) is 0 Å². The summed E-state index contributed by atoms with van der Waals surface area (Å²) in [5, 5.41) is 0.973. The smallest absolute Gasteiger partial charge is 0.209 e. The number of benzene rings is 3. The highest BCUT2D eigenvalue weighted by molar-refractivity contribution is 6.10. The maximum atomic E-state index is 13.0. The number of ketones is 1. The van der Waals surface area contributed by atoms with Crippen LogP contribution in [0.2, 0.25) is 0 Å². The van der Waals surface area contributed by atoms with Crippen molar-refractivity contribution in [3.8, 4) is 17.2 Å². The van der Waals surface area contributed by atoms with E-state index in [4.69, 9.17) is 9.47 Å². The molecule has 5 nitrogen and oxygen atoms in total. The summed E-state index contributed by atoms with van der Waals surface area (Å²) in [7, 11) is 0. The van der Waals surface area contributed by atoms with Crippen molar-refractivity contribution in [2.75, 3.05) is 26.2 Å². The van der Waals surface area contributed by atoms with Crippen molar-refractivity contribution in [3.05, 3.63) is 90.1 Å². The molecule has 0 amide bonds. The molecule has 2 heterocycles. The summed E-state index contributed by atoms with van der Waals surface area (Å²) in [5.41, 5.74) is 2.10. The van der Waals surface area contributed by atoms with Crippen molar-refractivity contribution in [2.24, 2.45) is 0 Å². The SMILES string of the molecule is O=C(c1ccc(Oc2ccccc2)cc1)c1cc2cc(OCCCN3CCCCC3)ccc2[nH]1. The number of H-pyrrole nitrogens is 1. The maximum absolute atomic E-state index is 13.0. The summed E-state index contributed by atoms with van der Waals surface area (Å²) in [4.78, 5) is 18.8. The number of hydrogen-bond donors (Lipinski definition) is 1. The number of aromatic nitrogens is 1. The molecule has 0 atom stereocenters.